The van der Waals surface area contributed by atoms with Crippen LogP contribution in [0.5, 0.6) is 0 Å². The zero-order valence-electron chi connectivity index (χ0n) is 9.71. The van der Waals surface area contributed by atoms with E-state index in [0.29, 0.717) is 6.54 Å². The van der Waals surface area contributed by atoms with Crippen molar-refractivity contribution in [2.45, 2.75) is 20.4 Å². The molecule has 5 heteroatoms. The molecule has 3 aromatic rings. The summed E-state index contributed by atoms with van der Waals surface area (Å²) in [7, 11) is 0. The first-order chi connectivity index (χ1) is 8.11. The van der Waals surface area contributed by atoms with Crippen molar-refractivity contribution in [3.8, 4) is 0 Å². The molecule has 0 fully saturated rings. The first-order valence-electron chi connectivity index (χ1n) is 5.47. The van der Waals surface area contributed by atoms with Gasteiger partial charge in [0.05, 0.1) is 16.7 Å². The van der Waals surface area contributed by atoms with E-state index in [1.165, 1.54) is 11.1 Å². The van der Waals surface area contributed by atoms with Gasteiger partial charge >= 0.3 is 0 Å². The molecule has 0 aliphatic rings. The van der Waals surface area contributed by atoms with Gasteiger partial charge in [0.1, 0.15) is 4.60 Å². The summed E-state index contributed by atoms with van der Waals surface area (Å²) in [5.41, 5.74) is 11.2. The number of nitrogens with zero attached hydrogens (tertiary/aromatic N) is 2. The maximum atomic E-state index is 5.68. The van der Waals surface area contributed by atoms with Gasteiger partial charge in [-0.05, 0) is 47.0 Å². The van der Waals surface area contributed by atoms with E-state index >= 15 is 0 Å². The number of fused-ring (bicyclic) bond motifs is 3. The minimum absolute atomic E-state index is 0.468. The number of hydrogen-bond donors (Lipinski definition) is 2. The Hall–Kier alpha value is -1.33. The number of benzene rings is 1. The molecule has 0 unspecified atom stereocenters. The van der Waals surface area contributed by atoms with Crippen molar-refractivity contribution >= 4 is 32.7 Å². The Kier molecular flexibility index (Phi) is 2.27. The van der Waals surface area contributed by atoms with E-state index in [1.807, 2.05) is 0 Å². The largest absolute Gasteiger partial charge is 0.325 e. The van der Waals surface area contributed by atoms with Crippen LogP contribution in [0.3, 0.4) is 0 Å². The summed E-state index contributed by atoms with van der Waals surface area (Å²) >= 11 is 3.57. The molecule has 17 heavy (non-hydrogen) atoms. The molecule has 0 radical (unpaired) electrons. The van der Waals surface area contributed by atoms with Gasteiger partial charge in [0.25, 0.3) is 0 Å². The minimum atomic E-state index is 0.468. The quantitative estimate of drug-likeness (QED) is 0.724. The number of aryl methyl sites for hydroxylation is 2. The normalized spacial score (nSPS) is 11.8. The Balaban J connectivity index is 2.51. The smallest absolute Gasteiger partial charge is 0.213 e. The van der Waals surface area contributed by atoms with Gasteiger partial charge in [0.2, 0.25) is 5.78 Å². The number of rotatable bonds is 1. The molecule has 0 bridgehead atoms. The Bertz CT molecular complexity index is 723. The van der Waals surface area contributed by atoms with E-state index in [9.17, 15) is 0 Å². The predicted octanol–water partition coefficient (Wildman–Crippen LogP) is 2.65. The Labute approximate surface area is 107 Å². The van der Waals surface area contributed by atoms with E-state index < -0.39 is 0 Å². The van der Waals surface area contributed by atoms with E-state index in [-0.39, 0.29) is 0 Å². The highest BCUT2D eigenvalue weighted by atomic mass is 79.9. The summed E-state index contributed by atoms with van der Waals surface area (Å²) in [4.78, 5) is 7.84. The van der Waals surface area contributed by atoms with E-state index in [0.717, 1.165) is 27.1 Å². The van der Waals surface area contributed by atoms with Crippen molar-refractivity contribution in [3.05, 3.63) is 33.6 Å². The highest BCUT2D eigenvalue weighted by Crippen LogP contribution is 2.27. The predicted molar refractivity (Wildman–Crippen MR) is 72.1 cm³/mol. The molecule has 0 aliphatic heterocycles. The fourth-order valence-electron chi connectivity index (χ4n) is 2.26. The Morgan fingerprint density at radius 1 is 1.41 bits per heavy atom. The highest BCUT2D eigenvalue weighted by molar-refractivity contribution is 9.10. The molecular formula is C12H13BrN4. The zero-order chi connectivity index (χ0) is 12.2. The number of aromatic amines is 1. The van der Waals surface area contributed by atoms with Crippen LogP contribution in [0.2, 0.25) is 0 Å². The molecule has 4 nitrogen and oxygen atoms in total. The first-order valence-corrected chi connectivity index (χ1v) is 6.27. The molecule has 2 heterocycles. The number of halogens is 1. The second kappa shape index (κ2) is 3.58. The third-order valence-electron chi connectivity index (χ3n) is 3.01. The lowest BCUT2D eigenvalue weighted by Gasteiger charge is -1.99. The van der Waals surface area contributed by atoms with Gasteiger partial charge in [0, 0.05) is 6.54 Å². The molecule has 1 aromatic carbocycles. The van der Waals surface area contributed by atoms with Crippen LogP contribution in [0.1, 0.15) is 16.8 Å². The summed E-state index contributed by atoms with van der Waals surface area (Å²) in [6.07, 6.45) is 0. The molecule has 0 aliphatic carbocycles. The van der Waals surface area contributed by atoms with Crippen LogP contribution < -0.4 is 5.73 Å². The molecule has 0 saturated heterocycles. The molecule has 3 rings (SSSR count). The fourth-order valence-corrected chi connectivity index (χ4v) is 2.88. The van der Waals surface area contributed by atoms with Crippen LogP contribution >= 0.6 is 15.9 Å². The van der Waals surface area contributed by atoms with Crippen LogP contribution in [0.15, 0.2) is 16.7 Å². The summed E-state index contributed by atoms with van der Waals surface area (Å²) in [5.74, 6) is 0.834. The van der Waals surface area contributed by atoms with Crippen molar-refractivity contribution in [1.82, 2.24) is 14.4 Å². The van der Waals surface area contributed by atoms with Crippen LogP contribution in [0, 0.1) is 13.8 Å². The minimum Gasteiger partial charge on any atom is -0.325 e. The number of H-pyrrole nitrogens is 1. The average Bonchev–Trinajstić information content (AvgIpc) is 2.77. The summed E-state index contributed by atoms with van der Waals surface area (Å²) < 4.78 is 3.03. The summed E-state index contributed by atoms with van der Waals surface area (Å²) in [6.45, 7) is 4.64. The molecular weight excluding hydrogens is 280 g/mol. The lowest BCUT2D eigenvalue weighted by atomic mass is 10.1. The lowest BCUT2D eigenvalue weighted by Crippen LogP contribution is -1.97. The van der Waals surface area contributed by atoms with Crippen molar-refractivity contribution in [1.29, 1.82) is 0 Å². The van der Waals surface area contributed by atoms with Gasteiger partial charge in [-0.25, -0.2) is 4.98 Å². The van der Waals surface area contributed by atoms with Gasteiger partial charge in [0.15, 0.2) is 0 Å². The summed E-state index contributed by atoms with van der Waals surface area (Å²) in [5, 5.41) is 0. The molecule has 0 atom stereocenters. The SMILES string of the molecule is Cc1cc(C)c2nc3[nH]c(CN)c(Br)n3c2c1. The first kappa shape index (κ1) is 10.8. The standard InChI is InChI=1S/C12H13BrN4/c1-6-3-7(2)10-9(4-6)17-11(13)8(5-14)15-12(17)16-10/h3-4H,5,14H2,1-2H3,(H,15,16). The molecule has 3 N–H and O–H groups in total. The van der Waals surface area contributed by atoms with Crippen molar-refractivity contribution in [2.24, 2.45) is 5.73 Å². The third kappa shape index (κ3) is 1.42. The van der Waals surface area contributed by atoms with Gasteiger partial charge in [-0.3, -0.25) is 4.40 Å². The average molecular weight is 293 g/mol. The number of hydrogen-bond acceptors (Lipinski definition) is 2. The van der Waals surface area contributed by atoms with Crippen molar-refractivity contribution in [3.63, 3.8) is 0 Å². The van der Waals surface area contributed by atoms with Crippen LogP contribution in [0.25, 0.3) is 16.8 Å². The van der Waals surface area contributed by atoms with Crippen molar-refractivity contribution < 1.29 is 0 Å². The Morgan fingerprint density at radius 2 is 2.18 bits per heavy atom. The monoisotopic (exact) mass is 292 g/mol. The number of nitrogens with two attached hydrogens (primary N) is 1. The highest BCUT2D eigenvalue weighted by Gasteiger charge is 2.14. The van der Waals surface area contributed by atoms with Gasteiger partial charge in [-0.2, -0.15) is 0 Å². The van der Waals surface area contributed by atoms with E-state index in [4.69, 9.17) is 5.73 Å². The van der Waals surface area contributed by atoms with Gasteiger partial charge < -0.3 is 10.7 Å². The third-order valence-corrected chi connectivity index (χ3v) is 3.84. The maximum Gasteiger partial charge on any atom is 0.213 e. The van der Waals surface area contributed by atoms with E-state index in [1.54, 1.807) is 0 Å². The second-order valence-corrected chi connectivity index (χ2v) is 5.07. The molecule has 2 aromatic heterocycles. The van der Waals surface area contributed by atoms with Gasteiger partial charge in [-0.1, -0.05) is 6.07 Å². The van der Waals surface area contributed by atoms with Crippen LogP contribution in [-0.4, -0.2) is 14.4 Å². The number of nitrogens with one attached hydrogen (secondary N) is 1. The van der Waals surface area contributed by atoms with Gasteiger partial charge in [-0.15, -0.1) is 0 Å². The maximum absolute atomic E-state index is 5.68. The van der Waals surface area contributed by atoms with Crippen LogP contribution in [-0.2, 0) is 6.54 Å². The van der Waals surface area contributed by atoms with Crippen molar-refractivity contribution in [2.75, 3.05) is 0 Å². The molecule has 0 saturated carbocycles. The lowest BCUT2D eigenvalue weighted by molar-refractivity contribution is 1.00. The molecule has 0 spiro atoms. The fraction of sp³-hybridized carbons (Fsp3) is 0.250. The number of aromatic nitrogens is 3. The van der Waals surface area contributed by atoms with E-state index in [2.05, 4.69) is 56.3 Å². The zero-order valence-corrected chi connectivity index (χ0v) is 11.3. The molecule has 88 valence electrons. The number of imidazole rings is 2. The topological polar surface area (TPSA) is 59.1 Å². The molecule has 0 amide bonds. The van der Waals surface area contributed by atoms with Crippen LogP contribution in [0.4, 0.5) is 0 Å². The summed E-state index contributed by atoms with van der Waals surface area (Å²) in [6, 6.07) is 4.29. The Morgan fingerprint density at radius 3 is 2.88 bits per heavy atom. The second-order valence-electron chi connectivity index (χ2n) is 4.32.